The number of hydrogen-bond donors (Lipinski definition) is 2. The molecule has 2 aromatic rings. The van der Waals surface area contributed by atoms with Gasteiger partial charge in [0, 0.05) is 29.9 Å². The molecule has 0 aromatic carbocycles. The van der Waals surface area contributed by atoms with Gasteiger partial charge in [-0.1, -0.05) is 6.92 Å². The molecule has 0 spiro atoms. The molecule has 1 unspecified atom stereocenters. The molecule has 4 heteroatoms. The van der Waals surface area contributed by atoms with Crippen molar-refractivity contribution in [2.45, 2.75) is 26.2 Å². The lowest BCUT2D eigenvalue weighted by Gasteiger charge is -2.23. The third-order valence-corrected chi connectivity index (χ3v) is 3.82. The number of nitrogens with one attached hydrogen (secondary N) is 1. The summed E-state index contributed by atoms with van der Waals surface area (Å²) in [4.78, 5) is 4.21. The van der Waals surface area contributed by atoms with Crippen LogP contribution in [-0.4, -0.2) is 15.1 Å². The molecule has 1 aliphatic rings. The fourth-order valence-electron chi connectivity index (χ4n) is 2.68. The first-order valence-corrected chi connectivity index (χ1v) is 6.64. The number of nitrogens with zero attached hydrogens (tertiary/aromatic N) is 2. The fraction of sp³-hybridized carbons (Fsp3) is 0.333. The molecule has 0 radical (unpaired) electrons. The van der Waals surface area contributed by atoms with Gasteiger partial charge in [-0.3, -0.25) is 5.41 Å². The first-order valence-electron chi connectivity index (χ1n) is 6.64. The number of imidazole rings is 1. The standard InChI is InChI=1S/C15H18N4/c1-10-2-4-12(13(16)8-10)15(17)11-3-5-14-18-6-7-19(14)9-11/h3,5-7,9-10,17H,2,4,8,16H2,1H3. The predicted octanol–water partition coefficient (Wildman–Crippen LogP) is 2.73. The Balaban J connectivity index is 1.97. The zero-order valence-electron chi connectivity index (χ0n) is 11.1. The molecule has 0 bridgehead atoms. The van der Waals surface area contributed by atoms with Crippen molar-refractivity contribution in [3.8, 4) is 0 Å². The molecular formula is C15H18N4. The number of aromatic nitrogens is 2. The summed E-state index contributed by atoms with van der Waals surface area (Å²) in [6.07, 6.45) is 8.54. The molecule has 98 valence electrons. The van der Waals surface area contributed by atoms with E-state index in [9.17, 15) is 0 Å². The minimum Gasteiger partial charge on any atom is -0.402 e. The van der Waals surface area contributed by atoms with Crippen LogP contribution in [0.15, 0.2) is 42.0 Å². The highest BCUT2D eigenvalue weighted by molar-refractivity contribution is 6.11. The predicted molar refractivity (Wildman–Crippen MR) is 76.2 cm³/mol. The van der Waals surface area contributed by atoms with E-state index in [1.54, 1.807) is 6.20 Å². The van der Waals surface area contributed by atoms with Crippen LogP contribution in [-0.2, 0) is 0 Å². The van der Waals surface area contributed by atoms with E-state index in [1.807, 2.05) is 28.9 Å². The second-order valence-corrected chi connectivity index (χ2v) is 5.34. The second-order valence-electron chi connectivity index (χ2n) is 5.34. The molecule has 0 fully saturated rings. The van der Waals surface area contributed by atoms with Crippen molar-refractivity contribution in [1.82, 2.24) is 9.38 Å². The average Bonchev–Trinajstić information content (AvgIpc) is 2.85. The van der Waals surface area contributed by atoms with Crippen molar-refractivity contribution >= 4 is 11.4 Å². The van der Waals surface area contributed by atoms with Crippen molar-refractivity contribution in [2.75, 3.05) is 0 Å². The minimum absolute atomic E-state index is 0.556. The van der Waals surface area contributed by atoms with Gasteiger partial charge in [0.1, 0.15) is 5.65 Å². The Bertz CT molecular complexity index is 666. The monoisotopic (exact) mass is 254 g/mol. The summed E-state index contributed by atoms with van der Waals surface area (Å²) in [5, 5.41) is 8.38. The topological polar surface area (TPSA) is 67.2 Å². The molecule has 1 atom stereocenters. The molecule has 0 saturated carbocycles. The lowest BCUT2D eigenvalue weighted by Crippen LogP contribution is -2.19. The Morgan fingerprint density at radius 3 is 3.11 bits per heavy atom. The van der Waals surface area contributed by atoms with Gasteiger partial charge in [-0.05, 0) is 42.9 Å². The maximum Gasteiger partial charge on any atom is 0.136 e. The van der Waals surface area contributed by atoms with Crippen molar-refractivity contribution in [3.63, 3.8) is 0 Å². The van der Waals surface area contributed by atoms with Gasteiger partial charge in [0.2, 0.25) is 0 Å². The lowest BCUT2D eigenvalue weighted by atomic mass is 9.85. The van der Waals surface area contributed by atoms with Crippen LogP contribution in [0.25, 0.3) is 5.65 Å². The van der Waals surface area contributed by atoms with Crippen molar-refractivity contribution in [1.29, 1.82) is 5.41 Å². The Hall–Kier alpha value is -2.10. The van der Waals surface area contributed by atoms with Gasteiger partial charge in [0.15, 0.2) is 0 Å². The summed E-state index contributed by atoms with van der Waals surface area (Å²) >= 11 is 0. The van der Waals surface area contributed by atoms with Gasteiger partial charge in [-0.2, -0.15) is 0 Å². The van der Waals surface area contributed by atoms with Gasteiger partial charge in [-0.15, -0.1) is 0 Å². The number of pyridine rings is 1. The van der Waals surface area contributed by atoms with Crippen LogP contribution in [0.3, 0.4) is 0 Å². The van der Waals surface area contributed by atoms with Crippen molar-refractivity contribution in [3.05, 3.63) is 47.6 Å². The maximum absolute atomic E-state index is 8.38. The molecule has 19 heavy (non-hydrogen) atoms. The number of nitrogens with two attached hydrogens (primary N) is 1. The summed E-state index contributed by atoms with van der Waals surface area (Å²) < 4.78 is 1.94. The fourth-order valence-corrected chi connectivity index (χ4v) is 2.68. The molecule has 0 saturated heterocycles. The summed E-state index contributed by atoms with van der Waals surface area (Å²) in [6.45, 7) is 2.21. The van der Waals surface area contributed by atoms with E-state index in [0.29, 0.717) is 11.6 Å². The van der Waals surface area contributed by atoms with Crippen LogP contribution in [0.5, 0.6) is 0 Å². The average molecular weight is 254 g/mol. The lowest BCUT2D eigenvalue weighted by molar-refractivity contribution is 0.500. The SMILES string of the molecule is CC1CCC(C(=N)c2ccc3nccn3c2)=C(N)C1. The van der Waals surface area contributed by atoms with Crippen LogP contribution in [0.1, 0.15) is 31.7 Å². The van der Waals surface area contributed by atoms with Gasteiger partial charge in [-0.25, -0.2) is 4.98 Å². The number of hydrogen-bond acceptors (Lipinski definition) is 3. The maximum atomic E-state index is 8.38. The van der Waals surface area contributed by atoms with Gasteiger partial charge in [0.25, 0.3) is 0 Å². The Labute approximate surface area is 112 Å². The van der Waals surface area contributed by atoms with E-state index in [-0.39, 0.29) is 0 Å². The summed E-state index contributed by atoms with van der Waals surface area (Å²) in [6, 6.07) is 3.88. The van der Waals surface area contributed by atoms with Gasteiger partial charge < -0.3 is 10.1 Å². The van der Waals surface area contributed by atoms with Crippen LogP contribution < -0.4 is 5.73 Å². The first-order chi connectivity index (χ1) is 9.15. The molecule has 0 amide bonds. The normalized spacial score (nSPS) is 19.9. The quantitative estimate of drug-likeness (QED) is 0.809. The largest absolute Gasteiger partial charge is 0.402 e. The van der Waals surface area contributed by atoms with Gasteiger partial charge >= 0.3 is 0 Å². The highest BCUT2D eigenvalue weighted by Crippen LogP contribution is 2.28. The molecule has 2 aromatic heterocycles. The Morgan fingerprint density at radius 1 is 1.47 bits per heavy atom. The van der Waals surface area contributed by atoms with Crippen LogP contribution in [0.2, 0.25) is 0 Å². The Kier molecular flexibility index (Phi) is 2.85. The van der Waals surface area contributed by atoms with E-state index >= 15 is 0 Å². The van der Waals surface area contributed by atoms with E-state index in [2.05, 4.69) is 11.9 Å². The van der Waals surface area contributed by atoms with Crippen LogP contribution >= 0.6 is 0 Å². The smallest absolute Gasteiger partial charge is 0.136 e. The van der Waals surface area contributed by atoms with E-state index in [1.165, 1.54) is 0 Å². The molecule has 1 aliphatic carbocycles. The second kappa shape index (κ2) is 4.53. The molecule has 3 N–H and O–H groups in total. The summed E-state index contributed by atoms with van der Waals surface area (Å²) in [5.74, 6) is 0.632. The van der Waals surface area contributed by atoms with Crippen molar-refractivity contribution < 1.29 is 0 Å². The molecule has 2 heterocycles. The van der Waals surface area contributed by atoms with Crippen LogP contribution in [0, 0.1) is 11.3 Å². The summed E-state index contributed by atoms with van der Waals surface area (Å²) in [7, 11) is 0. The van der Waals surface area contributed by atoms with Crippen molar-refractivity contribution in [2.24, 2.45) is 11.7 Å². The highest BCUT2D eigenvalue weighted by atomic mass is 15.0. The molecule has 3 rings (SSSR count). The van der Waals surface area contributed by atoms with Gasteiger partial charge in [0.05, 0.1) is 5.71 Å². The zero-order chi connectivity index (χ0) is 13.4. The van der Waals surface area contributed by atoms with E-state index < -0.39 is 0 Å². The zero-order valence-corrected chi connectivity index (χ0v) is 11.1. The number of allylic oxidation sites excluding steroid dienone is 2. The highest BCUT2D eigenvalue weighted by Gasteiger charge is 2.20. The summed E-state index contributed by atoms with van der Waals surface area (Å²) in [5.41, 5.74) is 10.4. The molecule has 4 nitrogen and oxygen atoms in total. The third-order valence-electron chi connectivity index (χ3n) is 3.82. The van der Waals surface area contributed by atoms with E-state index in [4.69, 9.17) is 11.1 Å². The number of rotatable bonds is 2. The minimum atomic E-state index is 0.556. The number of fused-ring (bicyclic) bond motifs is 1. The van der Waals surface area contributed by atoms with E-state index in [0.717, 1.165) is 41.7 Å². The Morgan fingerprint density at radius 2 is 2.32 bits per heavy atom. The molecular weight excluding hydrogens is 236 g/mol. The third kappa shape index (κ3) is 2.14. The molecule has 0 aliphatic heterocycles. The first kappa shape index (κ1) is 12.0. The van der Waals surface area contributed by atoms with Crippen LogP contribution in [0.4, 0.5) is 0 Å².